The molecule has 0 fully saturated rings. The van der Waals surface area contributed by atoms with Crippen molar-refractivity contribution >= 4 is 37.5 Å². The highest BCUT2D eigenvalue weighted by Gasteiger charge is 2.36. The van der Waals surface area contributed by atoms with E-state index in [9.17, 15) is 17.6 Å². The van der Waals surface area contributed by atoms with Crippen LogP contribution in [0.2, 0.25) is 0 Å². The smallest absolute Gasteiger partial charge is 0.268 e. The maximum atomic E-state index is 14.0. The van der Waals surface area contributed by atoms with Crippen molar-refractivity contribution in [1.29, 1.82) is 0 Å². The molecule has 0 aromatic heterocycles. The van der Waals surface area contributed by atoms with E-state index in [0.29, 0.717) is 36.4 Å². The molecule has 2 N–H and O–H groups in total. The number of sulfonamides is 1. The van der Waals surface area contributed by atoms with Crippen molar-refractivity contribution in [2.24, 2.45) is 5.14 Å². The van der Waals surface area contributed by atoms with Gasteiger partial charge in [-0.3, -0.25) is 4.79 Å². The van der Waals surface area contributed by atoms with Gasteiger partial charge in [-0.1, -0.05) is 15.9 Å². The molecule has 0 bridgehead atoms. The quantitative estimate of drug-likeness (QED) is 0.774. The third-order valence-electron chi connectivity index (χ3n) is 4.57. The maximum absolute atomic E-state index is 14.0. The minimum atomic E-state index is -4.22. The first kappa shape index (κ1) is 17.4. The van der Waals surface area contributed by atoms with Crippen LogP contribution < -0.4 is 14.8 Å². The van der Waals surface area contributed by atoms with E-state index < -0.39 is 26.8 Å². The number of primary sulfonamides is 1. The number of benzene rings is 2. The van der Waals surface area contributed by atoms with Crippen LogP contribution in [0.5, 0.6) is 5.75 Å². The number of rotatable bonds is 2. The Morgan fingerprint density at radius 1 is 1.27 bits per heavy atom. The minimum Gasteiger partial charge on any atom is -0.480 e. The Kier molecular flexibility index (Phi) is 4.05. The number of nitrogens with two attached hydrogens (primary N) is 1. The van der Waals surface area contributed by atoms with Crippen LogP contribution in [-0.2, 0) is 27.7 Å². The molecule has 2 aliphatic rings. The van der Waals surface area contributed by atoms with Gasteiger partial charge in [0.05, 0.1) is 0 Å². The first-order chi connectivity index (χ1) is 12.2. The van der Waals surface area contributed by atoms with Crippen LogP contribution in [0.1, 0.15) is 11.1 Å². The summed E-state index contributed by atoms with van der Waals surface area (Å²) in [5.74, 6) is -0.548. The predicted molar refractivity (Wildman–Crippen MR) is 96.1 cm³/mol. The predicted octanol–water partition coefficient (Wildman–Crippen LogP) is 2.13. The van der Waals surface area contributed by atoms with Crippen LogP contribution in [0.15, 0.2) is 39.7 Å². The van der Waals surface area contributed by atoms with E-state index in [0.717, 1.165) is 22.2 Å². The number of anilines is 1. The number of hydrogen-bond donors (Lipinski definition) is 1. The lowest BCUT2D eigenvalue weighted by atomic mass is 10.1. The fourth-order valence-corrected chi connectivity index (χ4v) is 4.38. The number of hydrogen-bond acceptors (Lipinski definition) is 4. The Hall–Kier alpha value is -1.97. The molecule has 0 spiro atoms. The summed E-state index contributed by atoms with van der Waals surface area (Å²) < 4.78 is 43.8. The molecule has 6 nitrogen and oxygen atoms in total. The van der Waals surface area contributed by atoms with Gasteiger partial charge >= 0.3 is 0 Å². The number of nitrogens with zero attached hydrogens (tertiary/aromatic N) is 1. The van der Waals surface area contributed by atoms with Crippen LogP contribution in [-0.4, -0.2) is 27.0 Å². The van der Waals surface area contributed by atoms with Crippen molar-refractivity contribution in [3.8, 4) is 5.75 Å². The Labute approximate surface area is 157 Å². The zero-order valence-corrected chi connectivity index (χ0v) is 15.8. The molecule has 136 valence electrons. The van der Waals surface area contributed by atoms with Crippen molar-refractivity contribution in [2.45, 2.75) is 23.8 Å². The van der Waals surface area contributed by atoms with Crippen molar-refractivity contribution in [2.75, 3.05) is 11.4 Å². The maximum Gasteiger partial charge on any atom is 0.268 e. The molecule has 0 radical (unpaired) electrons. The fourth-order valence-electron chi connectivity index (χ4n) is 3.36. The number of halogens is 2. The number of amides is 1. The lowest BCUT2D eigenvalue weighted by Crippen LogP contribution is -2.40. The van der Waals surface area contributed by atoms with Crippen LogP contribution in [0, 0.1) is 5.82 Å². The Morgan fingerprint density at radius 2 is 2.04 bits per heavy atom. The molecule has 2 aromatic carbocycles. The first-order valence-corrected chi connectivity index (χ1v) is 10.2. The van der Waals surface area contributed by atoms with Crippen molar-refractivity contribution in [3.05, 3.63) is 51.7 Å². The highest BCUT2D eigenvalue weighted by atomic mass is 79.9. The number of fused-ring (bicyclic) bond motifs is 2. The third kappa shape index (κ3) is 2.89. The van der Waals surface area contributed by atoms with E-state index in [2.05, 4.69) is 15.9 Å². The Bertz CT molecular complexity index is 1040. The Morgan fingerprint density at radius 3 is 2.77 bits per heavy atom. The van der Waals surface area contributed by atoms with Gasteiger partial charge in [-0.15, -0.1) is 0 Å². The molecule has 0 saturated heterocycles. The van der Waals surface area contributed by atoms with Gasteiger partial charge in [-0.25, -0.2) is 17.9 Å². The molecule has 0 aliphatic carbocycles. The lowest BCUT2D eigenvalue weighted by Gasteiger charge is -2.21. The molecule has 1 unspecified atom stereocenters. The SMILES string of the molecule is NS(=O)(=O)c1cc2c(cc1F)CCN2C(=O)C1Cc2cc(Br)ccc2O1. The monoisotopic (exact) mass is 440 g/mol. The summed E-state index contributed by atoms with van der Waals surface area (Å²) in [6.45, 7) is 0.335. The molecule has 2 aromatic rings. The molecular formula is C17H14BrFN2O4S. The van der Waals surface area contributed by atoms with Gasteiger partial charge in [-0.2, -0.15) is 0 Å². The summed E-state index contributed by atoms with van der Waals surface area (Å²) in [7, 11) is -4.22. The Balaban J connectivity index is 1.65. The topological polar surface area (TPSA) is 89.7 Å². The van der Waals surface area contributed by atoms with Gasteiger partial charge in [0.1, 0.15) is 16.5 Å². The second-order valence-electron chi connectivity index (χ2n) is 6.26. The molecular weight excluding hydrogens is 427 g/mol. The van der Waals surface area contributed by atoms with Crippen LogP contribution in [0.4, 0.5) is 10.1 Å². The summed E-state index contributed by atoms with van der Waals surface area (Å²) in [6, 6.07) is 7.78. The average molecular weight is 441 g/mol. The van der Waals surface area contributed by atoms with E-state index in [1.807, 2.05) is 12.1 Å². The van der Waals surface area contributed by atoms with Crippen LogP contribution >= 0.6 is 15.9 Å². The third-order valence-corrected chi connectivity index (χ3v) is 5.99. The van der Waals surface area contributed by atoms with Crippen molar-refractivity contribution < 1.29 is 22.3 Å². The number of ether oxygens (including phenoxy) is 1. The summed E-state index contributed by atoms with van der Waals surface area (Å²) in [4.78, 5) is 13.7. The van der Waals surface area contributed by atoms with Gasteiger partial charge in [0.15, 0.2) is 6.10 Å². The van der Waals surface area contributed by atoms with Crippen molar-refractivity contribution in [1.82, 2.24) is 0 Å². The molecule has 26 heavy (non-hydrogen) atoms. The fraction of sp³-hybridized carbons (Fsp3) is 0.235. The van der Waals surface area contributed by atoms with Gasteiger partial charge in [0.2, 0.25) is 10.0 Å². The summed E-state index contributed by atoms with van der Waals surface area (Å²) in [5, 5.41) is 5.07. The second kappa shape index (κ2) is 6.04. The van der Waals surface area contributed by atoms with E-state index in [-0.39, 0.29) is 5.91 Å². The first-order valence-electron chi connectivity index (χ1n) is 7.86. The molecule has 1 atom stereocenters. The summed E-state index contributed by atoms with van der Waals surface area (Å²) >= 11 is 3.39. The van der Waals surface area contributed by atoms with Crippen LogP contribution in [0.3, 0.4) is 0 Å². The molecule has 2 aliphatic heterocycles. The zero-order chi connectivity index (χ0) is 18.6. The van der Waals surface area contributed by atoms with E-state index in [1.165, 1.54) is 4.90 Å². The highest BCUT2D eigenvalue weighted by Crippen LogP contribution is 2.36. The standard InChI is InChI=1S/C17H14BrFN2O4S/c18-11-1-2-14-10(5-11)7-15(25-14)17(22)21-4-3-9-6-12(19)16(8-13(9)21)26(20,23)24/h1-2,5-6,8,15H,3-4,7H2,(H2,20,23,24). The summed E-state index contributed by atoms with van der Waals surface area (Å²) in [5.41, 5.74) is 1.85. The van der Waals surface area contributed by atoms with Gasteiger partial charge < -0.3 is 9.64 Å². The number of carbonyl (C=O) groups is 1. The van der Waals surface area contributed by atoms with Gasteiger partial charge in [-0.05, 0) is 47.9 Å². The second-order valence-corrected chi connectivity index (χ2v) is 8.70. The van der Waals surface area contributed by atoms with Crippen LogP contribution in [0.25, 0.3) is 0 Å². The van der Waals surface area contributed by atoms with Gasteiger partial charge in [0, 0.05) is 23.1 Å². The normalized spacial score (nSPS) is 18.4. The molecule has 0 saturated carbocycles. The average Bonchev–Trinajstić information content (AvgIpc) is 3.15. The molecule has 1 amide bonds. The van der Waals surface area contributed by atoms with E-state index >= 15 is 0 Å². The van der Waals surface area contributed by atoms with E-state index in [1.54, 1.807) is 6.07 Å². The zero-order valence-electron chi connectivity index (χ0n) is 13.4. The van der Waals surface area contributed by atoms with E-state index in [4.69, 9.17) is 9.88 Å². The van der Waals surface area contributed by atoms with Crippen molar-refractivity contribution in [3.63, 3.8) is 0 Å². The lowest BCUT2D eigenvalue weighted by molar-refractivity contribution is -0.124. The molecule has 4 rings (SSSR count). The largest absolute Gasteiger partial charge is 0.480 e. The molecule has 9 heteroatoms. The minimum absolute atomic E-state index is 0.289. The summed E-state index contributed by atoms with van der Waals surface area (Å²) in [6.07, 6.45) is 0.157. The number of carbonyl (C=O) groups excluding carboxylic acids is 1. The highest BCUT2D eigenvalue weighted by molar-refractivity contribution is 9.10. The molecule has 2 heterocycles. The van der Waals surface area contributed by atoms with Gasteiger partial charge in [0.25, 0.3) is 5.91 Å².